The van der Waals surface area contributed by atoms with Crippen molar-refractivity contribution in [2.45, 2.75) is 13.8 Å². The Morgan fingerprint density at radius 3 is 1.01 bits per heavy atom. The second kappa shape index (κ2) is 18.8. The number of hydrogen-bond donors (Lipinski definition) is 0. The number of nitrogens with zero attached hydrogens (tertiary/aromatic N) is 4. The van der Waals surface area contributed by atoms with E-state index in [2.05, 4.69) is 306 Å². The lowest BCUT2D eigenvalue weighted by Gasteiger charge is -2.44. The molecule has 0 atom stereocenters. The average molecular weight is 1100 g/mol. The molecule has 4 nitrogen and oxygen atoms in total. The highest BCUT2D eigenvalue weighted by Crippen LogP contribution is 2.53. The van der Waals surface area contributed by atoms with Crippen LogP contribution in [0.4, 0.5) is 68.2 Å². The van der Waals surface area contributed by atoms with Crippen LogP contribution in [-0.4, -0.2) is 6.71 Å². The van der Waals surface area contributed by atoms with Crippen LogP contribution in [0.25, 0.3) is 61.9 Å². The molecule has 7 heteroatoms. The maximum absolute atomic E-state index is 2.59. The third-order valence-electron chi connectivity index (χ3n) is 17.4. The molecule has 390 valence electrons. The van der Waals surface area contributed by atoms with E-state index >= 15 is 0 Å². The molecule has 2 aliphatic rings. The van der Waals surface area contributed by atoms with E-state index in [0.717, 1.165) is 34.1 Å². The first kappa shape index (κ1) is 47.9. The van der Waals surface area contributed by atoms with Crippen LogP contribution in [0.5, 0.6) is 0 Å². The zero-order valence-corrected chi connectivity index (χ0v) is 47.3. The summed E-state index contributed by atoms with van der Waals surface area (Å²) in [5, 5.41) is 10.1. The van der Waals surface area contributed by atoms with Crippen molar-refractivity contribution < 1.29 is 0 Å². The smallest absolute Gasteiger partial charge is 0.252 e. The standard InChI is InChI=1S/C76H51BN4S2/c1-48-24-15-21-38-62(48)80-64-40-23-41-65-76(64)77(60-44-70-58(42-68(60)80)74-56-36-19-17-34-54(56)66(46-72(74)82-70)78(50-26-7-3-8-27-50)51-28-9-4-10-29-51)61-45-71-59(43-69(61)81(65)63-39-22-16-25-49(63)2)75-57-37-20-18-35-55(57)67(47-73(75)83-71)79(52-30-11-5-12-31-52)53-32-13-6-14-33-53/h3-47H,1-2H3. The maximum Gasteiger partial charge on any atom is 0.252 e. The molecule has 15 aromatic rings. The SMILES string of the molecule is Cc1ccccc1N1c2cc3c(cc2B2c4cc5sc6cc(N(c7ccccc7)c7ccccc7)c7ccccc7c6c5cc4N(c4ccccc4C)c4cccc1c42)sc1cc(N(c2ccccc2)c2ccccc2)c2ccccc2c13. The summed E-state index contributed by atoms with van der Waals surface area (Å²) in [7, 11) is 0. The van der Waals surface area contributed by atoms with Gasteiger partial charge in [0, 0.05) is 108 Å². The molecule has 0 radical (unpaired) electrons. The lowest BCUT2D eigenvalue weighted by atomic mass is 9.33. The maximum atomic E-state index is 2.59. The molecule has 0 fully saturated rings. The second-order valence-corrected chi connectivity index (χ2v) is 24.2. The minimum absolute atomic E-state index is 0.0751. The number of para-hydroxylation sites is 6. The first-order valence-corrected chi connectivity index (χ1v) is 30.2. The van der Waals surface area contributed by atoms with Crippen molar-refractivity contribution >= 4 is 176 Å². The van der Waals surface area contributed by atoms with Crippen LogP contribution in [0.3, 0.4) is 0 Å². The number of thiophene rings is 2. The van der Waals surface area contributed by atoms with Gasteiger partial charge in [0.2, 0.25) is 0 Å². The average Bonchev–Trinajstić information content (AvgIpc) is 2.00. The lowest BCUT2D eigenvalue weighted by molar-refractivity contribution is 1.23. The summed E-state index contributed by atoms with van der Waals surface area (Å²) < 4.78 is 5.09. The number of fused-ring (bicyclic) bond motifs is 14. The summed E-state index contributed by atoms with van der Waals surface area (Å²) >= 11 is 3.84. The van der Waals surface area contributed by atoms with E-state index in [1.165, 1.54) is 124 Å². The van der Waals surface area contributed by atoms with Crippen LogP contribution in [-0.2, 0) is 0 Å². The number of aryl methyl sites for hydroxylation is 2. The van der Waals surface area contributed by atoms with E-state index in [1.807, 2.05) is 22.7 Å². The molecule has 0 spiro atoms. The molecule has 17 rings (SSSR count). The van der Waals surface area contributed by atoms with Gasteiger partial charge in [-0.15, -0.1) is 22.7 Å². The largest absolute Gasteiger partial charge is 0.311 e. The van der Waals surface area contributed by atoms with Gasteiger partial charge < -0.3 is 19.6 Å². The molecular formula is C76H51BN4S2. The van der Waals surface area contributed by atoms with E-state index in [-0.39, 0.29) is 6.71 Å². The Morgan fingerprint density at radius 1 is 0.289 bits per heavy atom. The molecule has 0 saturated heterocycles. The summed E-state index contributed by atoms with van der Waals surface area (Å²) in [5.74, 6) is 0. The van der Waals surface area contributed by atoms with Crippen LogP contribution < -0.4 is 36.0 Å². The van der Waals surface area contributed by atoms with Crippen LogP contribution in [0.2, 0.25) is 0 Å². The number of hydrogen-bond acceptors (Lipinski definition) is 6. The lowest BCUT2D eigenvalue weighted by Crippen LogP contribution is -2.61. The highest BCUT2D eigenvalue weighted by Gasteiger charge is 2.44. The summed E-state index contributed by atoms with van der Waals surface area (Å²) in [6.45, 7) is 4.45. The van der Waals surface area contributed by atoms with Gasteiger partial charge >= 0.3 is 0 Å². The third-order valence-corrected chi connectivity index (χ3v) is 19.6. The molecule has 0 saturated carbocycles. The number of benzene rings is 13. The summed E-state index contributed by atoms with van der Waals surface area (Å²) in [6, 6.07) is 101. The minimum atomic E-state index is -0.0751. The Morgan fingerprint density at radius 2 is 0.627 bits per heavy atom. The first-order valence-electron chi connectivity index (χ1n) is 28.5. The van der Waals surface area contributed by atoms with Crippen molar-refractivity contribution in [3.63, 3.8) is 0 Å². The van der Waals surface area contributed by atoms with E-state index in [0.29, 0.717) is 0 Å². The molecule has 0 unspecified atom stereocenters. The Bertz CT molecular complexity index is 4700. The van der Waals surface area contributed by atoms with Crippen LogP contribution in [0.15, 0.2) is 273 Å². The molecule has 13 aromatic carbocycles. The summed E-state index contributed by atoms with van der Waals surface area (Å²) in [5.41, 5.74) is 20.5. The molecule has 4 heterocycles. The predicted molar refractivity (Wildman–Crippen MR) is 360 cm³/mol. The topological polar surface area (TPSA) is 13.0 Å². The van der Waals surface area contributed by atoms with Gasteiger partial charge in [-0.05, 0) is 161 Å². The van der Waals surface area contributed by atoms with E-state index in [1.54, 1.807) is 0 Å². The van der Waals surface area contributed by atoms with Gasteiger partial charge in [0.15, 0.2) is 0 Å². The summed E-state index contributed by atoms with van der Waals surface area (Å²) in [6.07, 6.45) is 0. The minimum Gasteiger partial charge on any atom is -0.311 e. The van der Waals surface area contributed by atoms with Crippen molar-refractivity contribution in [3.05, 3.63) is 284 Å². The normalized spacial score (nSPS) is 12.6. The Balaban J connectivity index is 0.952. The molecule has 83 heavy (non-hydrogen) atoms. The quantitative estimate of drug-likeness (QED) is 0.141. The fraction of sp³-hybridized carbons (Fsp3) is 0.0263. The van der Waals surface area contributed by atoms with Gasteiger partial charge in [0.25, 0.3) is 6.71 Å². The van der Waals surface area contributed by atoms with E-state index < -0.39 is 0 Å². The highest BCUT2D eigenvalue weighted by atomic mass is 32.1. The first-order chi connectivity index (χ1) is 41.0. The molecule has 0 aliphatic carbocycles. The van der Waals surface area contributed by atoms with Crippen molar-refractivity contribution in [2.24, 2.45) is 0 Å². The Labute approximate surface area is 490 Å². The summed E-state index contributed by atoms with van der Waals surface area (Å²) in [4.78, 5) is 10.0. The fourth-order valence-corrected chi connectivity index (χ4v) is 16.2. The highest BCUT2D eigenvalue weighted by molar-refractivity contribution is 7.27. The Hall–Kier alpha value is -9.92. The van der Waals surface area contributed by atoms with Gasteiger partial charge in [0.05, 0.1) is 11.4 Å². The third kappa shape index (κ3) is 7.31. The van der Waals surface area contributed by atoms with Gasteiger partial charge in [-0.2, -0.15) is 0 Å². The zero-order valence-electron chi connectivity index (χ0n) is 45.7. The molecular weight excluding hydrogens is 1040 g/mol. The van der Waals surface area contributed by atoms with Crippen molar-refractivity contribution in [1.29, 1.82) is 0 Å². The Kier molecular flexibility index (Phi) is 10.9. The van der Waals surface area contributed by atoms with Crippen LogP contribution in [0.1, 0.15) is 11.1 Å². The molecule has 0 N–H and O–H groups in total. The second-order valence-electron chi connectivity index (χ2n) is 22.0. The molecule has 2 aromatic heterocycles. The van der Waals surface area contributed by atoms with Gasteiger partial charge in [-0.25, -0.2) is 0 Å². The van der Waals surface area contributed by atoms with Gasteiger partial charge in [0.1, 0.15) is 0 Å². The van der Waals surface area contributed by atoms with Gasteiger partial charge in [-0.3, -0.25) is 0 Å². The van der Waals surface area contributed by atoms with E-state index in [9.17, 15) is 0 Å². The van der Waals surface area contributed by atoms with Crippen molar-refractivity contribution in [1.82, 2.24) is 0 Å². The zero-order chi connectivity index (χ0) is 54.9. The molecule has 0 bridgehead atoms. The fourth-order valence-electron chi connectivity index (χ4n) is 13.8. The van der Waals surface area contributed by atoms with Crippen molar-refractivity contribution in [3.8, 4) is 0 Å². The van der Waals surface area contributed by atoms with Crippen LogP contribution in [0, 0.1) is 13.8 Å². The molecule has 0 amide bonds. The molecule has 2 aliphatic heterocycles. The van der Waals surface area contributed by atoms with Crippen LogP contribution >= 0.6 is 22.7 Å². The van der Waals surface area contributed by atoms with E-state index in [4.69, 9.17) is 0 Å². The number of rotatable bonds is 8. The number of anilines is 12. The van der Waals surface area contributed by atoms with Gasteiger partial charge in [-0.1, -0.05) is 164 Å². The monoisotopic (exact) mass is 1090 g/mol. The van der Waals surface area contributed by atoms with Crippen molar-refractivity contribution in [2.75, 3.05) is 19.6 Å². The predicted octanol–water partition coefficient (Wildman–Crippen LogP) is 20.4.